The molecular formula is C11H13FN2O5. The SMILES string of the molecule is CCN(CC(=O)O)c1cc(OC)c(F)cc1[N+](=O)[O-]. The molecule has 0 amide bonds. The number of hydrogen-bond acceptors (Lipinski definition) is 5. The van der Waals surface area contributed by atoms with Crippen molar-refractivity contribution in [1.82, 2.24) is 0 Å². The Balaban J connectivity index is 3.36. The fourth-order valence-corrected chi connectivity index (χ4v) is 1.62. The van der Waals surface area contributed by atoms with Gasteiger partial charge in [0.25, 0.3) is 5.69 Å². The monoisotopic (exact) mass is 272 g/mol. The number of carboxylic acid groups (broad SMARTS) is 1. The van der Waals surface area contributed by atoms with Gasteiger partial charge in [0.15, 0.2) is 11.6 Å². The van der Waals surface area contributed by atoms with Gasteiger partial charge >= 0.3 is 5.97 Å². The van der Waals surface area contributed by atoms with E-state index in [1.807, 2.05) is 0 Å². The van der Waals surface area contributed by atoms with Crippen molar-refractivity contribution in [3.05, 3.63) is 28.1 Å². The molecule has 7 nitrogen and oxygen atoms in total. The number of nitro benzene ring substituents is 1. The van der Waals surface area contributed by atoms with Crippen LogP contribution >= 0.6 is 0 Å². The molecule has 0 fully saturated rings. The van der Waals surface area contributed by atoms with Crippen LogP contribution < -0.4 is 9.64 Å². The molecule has 1 N–H and O–H groups in total. The smallest absolute Gasteiger partial charge is 0.323 e. The summed E-state index contributed by atoms with van der Waals surface area (Å²) in [5, 5.41) is 19.7. The van der Waals surface area contributed by atoms with Crippen molar-refractivity contribution in [2.24, 2.45) is 0 Å². The van der Waals surface area contributed by atoms with E-state index in [4.69, 9.17) is 9.84 Å². The van der Waals surface area contributed by atoms with Gasteiger partial charge in [0.1, 0.15) is 12.2 Å². The van der Waals surface area contributed by atoms with Gasteiger partial charge in [-0.05, 0) is 6.92 Å². The van der Waals surface area contributed by atoms with Gasteiger partial charge in [-0.1, -0.05) is 0 Å². The molecule has 1 rings (SSSR count). The number of likely N-dealkylation sites (N-methyl/N-ethyl adjacent to an activating group) is 1. The maximum absolute atomic E-state index is 13.5. The largest absolute Gasteiger partial charge is 0.494 e. The van der Waals surface area contributed by atoms with E-state index in [0.717, 1.165) is 12.1 Å². The van der Waals surface area contributed by atoms with Gasteiger partial charge in [-0.25, -0.2) is 4.39 Å². The van der Waals surface area contributed by atoms with E-state index < -0.39 is 28.9 Å². The summed E-state index contributed by atoms with van der Waals surface area (Å²) in [6.07, 6.45) is 0. The van der Waals surface area contributed by atoms with Crippen molar-refractivity contribution in [2.45, 2.75) is 6.92 Å². The molecule has 0 saturated heterocycles. The van der Waals surface area contributed by atoms with E-state index in [1.54, 1.807) is 6.92 Å². The molecule has 0 atom stereocenters. The molecule has 1 aromatic rings. The minimum Gasteiger partial charge on any atom is -0.494 e. The summed E-state index contributed by atoms with van der Waals surface area (Å²) >= 11 is 0. The van der Waals surface area contributed by atoms with Crippen LogP contribution in [0.5, 0.6) is 5.75 Å². The van der Waals surface area contributed by atoms with Crippen molar-refractivity contribution >= 4 is 17.3 Å². The Morgan fingerprint density at radius 3 is 2.63 bits per heavy atom. The summed E-state index contributed by atoms with van der Waals surface area (Å²) in [6, 6.07) is 1.85. The van der Waals surface area contributed by atoms with Crippen LogP contribution in [-0.4, -0.2) is 36.2 Å². The Hall–Kier alpha value is -2.38. The molecule has 0 heterocycles. The lowest BCUT2D eigenvalue weighted by molar-refractivity contribution is -0.384. The number of aliphatic carboxylic acids is 1. The lowest BCUT2D eigenvalue weighted by Crippen LogP contribution is -2.30. The second-order valence-corrected chi connectivity index (χ2v) is 3.64. The summed E-state index contributed by atoms with van der Waals surface area (Å²) in [4.78, 5) is 22.1. The average Bonchev–Trinajstić information content (AvgIpc) is 2.35. The number of nitro groups is 1. The van der Waals surface area contributed by atoms with Crippen LogP contribution in [0.2, 0.25) is 0 Å². The fourth-order valence-electron chi connectivity index (χ4n) is 1.62. The van der Waals surface area contributed by atoms with Crippen LogP contribution in [0.4, 0.5) is 15.8 Å². The van der Waals surface area contributed by atoms with E-state index >= 15 is 0 Å². The first kappa shape index (κ1) is 14.7. The van der Waals surface area contributed by atoms with Gasteiger partial charge in [0.05, 0.1) is 18.1 Å². The van der Waals surface area contributed by atoms with Crippen molar-refractivity contribution in [3.63, 3.8) is 0 Å². The Labute approximate surface area is 108 Å². The Kier molecular flexibility index (Phi) is 4.62. The average molecular weight is 272 g/mol. The second kappa shape index (κ2) is 5.98. The zero-order chi connectivity index (χ0) is 14.6. The Bertz CT molecular complexity index is 506. The third kappa shape index (κ3) is 3.30. The number of rotatable bonds is 6. The number of halogens is 1. The van der Waals surface area contributed by atoms with Gasteiger partial charge < -0.3 is 14.7 Å². The van der Waals surface area contributed by atoms with Gasteiger partial charge in [-0.3, -0.25) is 14.9 Å². The number of ether oxygens (including phenoxy) is 1. The molecule has 8 heteroatoms. The third-order valence-electron chi connectivity index (χ3n) is 2.49. The normalized spacial score (nSPS) is 10.1. The van der Waals surface area contributed by atoms with Crippen LogP contribution in [0, 0.1) is 15.9 Å². The van der Waals surface area contributed by atoms with E-state index in [9.17, 15) is 19.3 Å². The zero-order valence-corrected chi connectivity index (χ0v) is 10.4. The predicted octanol–water partition coefficient (Wildman–Crippen LogP) is 1.65. The molecule has 0 aromatic heterocycles. The summed E-state index contributed by atoms with van der Waals surface area (Å²) < 4.78 is 18.2. The van der Waals surface area contributed by atoms with Crippen molar-refractivity contribution in [1.29, 1.82) is 0 Å². The molecule has 19 heavy (non-hydrogen) atoms. The highest BCUT2D eigenvalue weighted by Crippen LogP contribution is 2.34. The quantitative estimate of drug-likeness (QED) is 0.625. The molecular weight excluding hydrogens is 259 g/mol. The van der Waals surface area contributed by atoms with E-state index in [1.165, 1.54) is 12.0 Å². The Morgan fingerprint density at radius 1 is 1.58 bits per heavy atom. The maximum atomic E-state index is 13.5. The summed E-state index contributed by atoms with van der Waals surface area (Å²) in [6.45, 7) is 1.44. The van der Waals surface area contributed by atoms with Crippen molar-refractivity contribution in [3.8, 4) is 5.75 Å². The van der Waals surface area contributed by atoms with Crippen LogP contribution in [0.25, 0.3) is 0 Å². The van der Waals surface area contributed by atoms with Gasteiger partial charge in [-0.2, -0.15) is 0 Å². The molecule has 104 valence electrons. The number of carbonyl (C=O) groups is 1. The number of benzene rings is 1. The number of methoxy groups -OCH3 is 1. The molecule has 0 bridgehead atoms. The van der Waals surface area contributed by atoms with Crippen molar-refractivity contribution < 1.29 is 24.0 Å². The van der Waals surface area contributed by atoms with Gasteiger partial charge in [0, 0.05) is 12.6 Å². The van der Waals surface area contributed by atoms with E-state index in [0.29, 0.717) is 0 Å². The number of anilines is 1. The van der Waals surface area contributed by atoms with Crippen LogP contribution in [-0.2, 0) is 4.79 Å². The molecule has 0 unspecified atom stereocenters. The highest BCUT2D eigenvalue weighted by Gasteiger charge is 2.23. The van der Waals surface area contributed by atoms with Crippen LogP contribution in [0.1, 0.15) is 6.92 Å². The number of hydrogen-bond donors (Lipinski definition) is 1. The molecule has 0 spiro atoms. The first-order valence-corrected chi connectivity index (χ1v) is 5.39. The lowest BCUT2D eigenvalue weighted by Gasteiger charge is -2.21. The lowest BCUT2D eigenvalue weighted by atomic mass is 10.2. The minimum absolute atomic E-state index is 0.00755. The third-order valence-corrected chi connectivity index (χ3v) is 2.49. The summed E-state index contributed by atoms with van der Waals surface area (Å²) in [5.74, 6) is -2.19. The summed E-state index contributed by atoms with van der Waals surface area (Å²) in [7, 11) is 1.22. The molecule has 0 aliphatic heterocycles. The second-order valence-electron chi connectivity index (χ2n) is 3.64. The molecule has 0 saturated carbocycles. The van der Waals surface area contributed by atoms with Crippen molar-refractivity contribution in [2.75, 3.05) is 25.1 Å². The highest BCUT2D eigenvalue weighted by atomic mass is 19.1. The highest BCUT2D eigenvalue weighted by molar-refractivity contribution is 5.76. The molecule has 0 radical (unpaired) electrons. The first-order chi connectivity index (χ1) is 8.90. The zero-order valence-electron chi connectivity index (χ0n) is 10.4. The van der Waals surface area contributed by atoms with E-state index in [2.05, 4.69) is 0 Å². The van der Waals surface area contributed by atoms with E-state index in [-0.39, 0.29) is 18.0 Å². The Morgan fingerprint density at radius 2 is 2.21 bits per heavy atom. The minimum atomic E-state index is -1.14. The summed E-state index contributed by atoms with van der Waals surface area (Å²) in [5.41, 5.74) is -0.491. The van der Waals surface area contributed by atoms with Gasteiger partial charge in [-0.15, -0.1) is 0 Å². The molecule has 0 aliphatic carbocycles. The molecule has 1 aromatic carbocycles. The standard InChI is InChI=1S/C11H13FN2O5/c1-3-13(6-11(15)16)8-5-10(19-2)7(12)4-9(8)14(17)18/h4-5H,3,6H2,1-2H3,(H,15,16). The van der Waals surface area contributed by atoms with Crippen LogP contribution in [0.3, 0.4) is 0 Å². The first-order valence-electron chi connectivity index (χ1n) is 5.39. The molecule has 0 aliphatic rings. The fraction of sp³-hybridized carbons (Fsp3) is 0.364. The number of nitrogens with zero attached hydrogens (tertiary/aromatic N) is 2. The van der Waals surface area contributed by atoms with Gasteiger partial charge in [0.2, 0.25) is 0 Å². The topological polar surface area (TPSA) is 92.9 Å². The number of carboxylic acids is 1. The predicted molar refractivity (Wildman–Crippen MR) is 65.1 cm³/mol. The maximum Gasteiger partial charge on any atom is 0.323 e. The van der Waals surface area contributed by atoms with Crippen LogP contribution in [0.15, 0.2) is 12.1 Å².